The van der Waals surface area contributed by atoms with Gasteiger partial charge < -0.3 is 44.5 Å². The van der Waals surface area contributed by atoms with E-state index in [2.05, 4.69) is 16.0 Å². The third-order valence-electron chi connectivity index (χ3n) is 8.50. The number of carbonyl (C=O) groups is 7. The van der Waals surface area contributed by atoms with Crippen LogP contribution in [0.2, 0.25) is 0 Å². The number of amides is 3. The van der Waals surface area contributed by atoms with Crippen molar-refractivity contribution in [2.75, 3.05) is 19.5 Å². The first kappa shape index (κ1) is 40.1. The molecule has 0 bridgehead atoms. The van der Waals surface area contributed by atoms with E-state index in [0.29, 0.717) is 0 Å². The summed E-state index contributed by atoms with van der Waals surface area (Å²) < 4.78 is 26.1. The molecule has 0 heterocycles. The van der Waals surface area contributed by atoms with Gasteiger partial charge in [-0.3, -0.25) is 24.5 Å². The molecule has 1 aliphatic carbocycles. The molecule has 286 valence electrons. The largest absolute Gasteiger partial charge is 0.493 e. The second-order valence-electron chi connectivity index (χ2n) is 13.2. The highest BCUT2D eigenvalue weighted by Gasteiger charge is 2.80. The zero-order valence-corrected chi connectivity index (χ0v) is 30.3. The highest BCUT2D eigenvalue weighted by atomic mass is 16.6. The van der Waals surface area contributed by atoms with E-state index in [0.717, 1.165) is 13.8 Å². The molecular formula is C37H39N3O14. The van der Waals surface area contributed by atoms with Gasteiger partial charge in [-0.1, -0.05) is 12.1 Å². The van der Waals surface area contributed by atoms with Crippen LogP contribution in [0.25, 0.3) is 0 Å². The Morgan fingerprint density at radius 1 is 0.722 bits per heavy atom. The van der Waals surface area contributed by atoms with Gasteiger partial charge in [0, 0.05) is 25.1 Å². The van der Waals surface area contributed by atoms with Gasteiger partial charge in [-0.05, 0) is 80.4 Å². The van der Waals surface area contributed by atoms with Crippen molar-refractivity contribution in [1.29, 1.82) is 0 Å². The molecule has 4 atom stereocenters. The van der Waals surface area contributed by atoms with E-state index >= 15 is 0 Å². The number of carboxylic acids is 2. The zero-order chi connectivity index (χ0) is 40.2. The molecule has 0 aliphatic heterocycles. The van der Waals surface area contributed by atoms with E-state index in [1.165, 1.54) is 74.9 Å². The summed E-state index contributed by atoms with van der Waals surface area (Å²) in [4.78, 5) is 89.6. The first-order chi connectivity index (χ1) is 25.3. The first-order valence-corrected chi connectivity index (χ1v) is 16.2. The minimum atomic E-state index is -2.57. The summed E-state index contributed by atoms with van der Waals surface area (Å²) in [5.74, 6) is -9.87. The van der Waals surface area contributed by atoms with Crippen LogP contribution in [-0.2, 0) is 28.7 Å². The molecule has 4 rings (SSSR count). The normalized spacial score (nSPS) is 20.2. The number of nitrogens with one attached hydrogen (secondary N) is 3. The van der Waals surface area contributed by atoms with Gasteiger partial charge in [0.05, 0.1) is 26.1 Å². The lowest BCUT2D eigenvalue weighted by atomic mass is 9.43. The van der Waals surface area contributed by atoms with Crippen molar-refractivity contribution >= 4 is 48.0 Å². The molecule has 54 heavy (non-hydrogen) atoms. The lowest BCUT2D eigenvalue weighted by Crippen LogP contribution is -2.86. The Bertz CT molecular complexity index is 1990. The second kappa shape index (κ2) is 15.5. The topological polar surface area (TPSA) is 242 Å². The molecule has 17 nitrogen and oxygen atoms in total. The number of benzene rings is 3. The quantitative estimate of drug-likeness (QED) is 0.0953. The van der Waals surface area contributed by atoms with Crippen molar-refractivity contribution < 1.29 is 67.5 Å². The van der Waals surface area contributed by atoms with Gasteiger partial charge >= 0.3 is 24.0 Å². The molecule has 0 saturated heterocycles. The van der Waals surface area contributed by atoms with Crippen LogP contribution in [-0.4, -0.2) is 83.4 Å². The summed E-state index contributed by atoms with van der Waals surface area (Å²) in [6, 6.07) is 12.8. The maximum atomic E-state index is 14.1. The number of rotatable bonds is 13. The summed E-state index contributed by atoms with van der Waals surface area (Å²) in [5.41, 5.74) is -5.81. The van der Waals surface area contributed by atoms with E-state index in [9.17, 15) is 43.8 Å². The number of esters is 1. The predicted molar refractivity (Wildman–Crippen MR) is 188 cm³/mol. The predicted octanol–water partition coefficient (Wildman–Crippen LogP) is 3.61. The molecule has 17 heteroatoms. The van der Waals surface area contributed by atoms with Crippen LogP contribution in [0.4, 0.5) is 10.5 Å². The van der Waals surface area contributed by atoms with E-state index < -0.39 is 64.3 Å². The molecule has 3 aromatic rings. The highest BCUT2D eigenvalue weighted by Crippen LogP contribution is 2.64. The number of hydrogen-bond donors (Lipinski definition) is 5. The van der Waals surface area contributed by atoms with Crippen molar-refractivity contribution in [2.45, 2.75) is 63.1 Å². The maximum Gasteiger partial charge on any atom is 0.412 e. The number of carboxylic acid groups (broad SMARTS) is 2. The Balaban J connectivity index is 1.97. The number of carbonyl (C=O) groups excluding carboxylic acids is 5. The number of ether oxygens (including phenoxy) is 5. The maximum absolute atomic E-state index is 14.1. The van der Waals surface area contributed by atoms with Crippen LogP contribution in [0.1, 0.15) is 67.9 Å². The van der Waals surface area contributed by atoms with Crippen molar-refractivity contribution in [1.82, 2.24) is 10.6 Å². The molecule has 4 unspecified atom stereocenters. The number of aliphatic carboxylic acids is 2. The van der Waals surface area contributed by atoms with Crippen LogP contribution >= 0.6 is 0 Å². The van der Waals surface area contributed by atoms with Gasteiger partial charge in [0.1, 0.15) is 5.60 Å². The van der Waals surface area contributed by atoms with Crippen LogP contribution in [0.15, 0.2) is 60.7 Å². The van der Waals surface area contributed by atoms with Crippen LogP contribution in [0.5, 0.6) is 23.0 Å². The number of methoxy groups -OCH3 is 2. The smallest absolute Gasteiger partial charge is 0.412 e. The molecule has 3 amide bonds. The van der Waals surface area contributed by atoms with Gasteiger partial charge in [-0.15, -0.1) is 0 Å². The minimum absolute atomic E-state index is 0.0531. The first-order valence-electron chi connectivity index (χ1n) is 16.2. The van der Waals surface area contributed by atoms with Gasteiger partial charge in [-0.25, -0.2) is 14.4 Å². The molecule has 3 aromatic carbocycles. The van der Waals surface area contributed by atoms with E-state index in [4.69, 9.17) is 23.7 Å². The SMILES string of the molecule is COc1cc(C2C(NC(C)=O)(C(=O)O)C(c3ccc(OC(C)=O)c(OC)c3)C2(NC(=O)c2ccc(NC(=O)OC(C)(C)C)cc2)C(=O)O)ccc1OC=O. The van der Waals surface area contributed by atoms with Crippen LogP contribution in [0.3, 0.4) is 0 Å². The van der Waals surface area contributed by atoms with Crippen LogP contribution < -0.4 is 34.9 Å². The molecule has 0 radical (unpaired) electrons. The van der Waals surface area contributed by atoms with Crippen LogP contribution in [0, 0.1) is 0 Å². The number of hydrogen-bond acceptors (Lipinski definition) is 12. The van der Waals surface area contributed by atoms with Gasteiger partial charge in [-0.2, -0.15) is 0 Å². The fourth-order valence-corrected chi connectivity index (χ4v) is 6.69. The lowest BCUT2D eigenvalue weighted by molar-refractivity contribution is -0.174. The van der Waals surface area contributed by atoms with Gasteiger partial charge in [0.2, 0.25) is 5.91 Å². The molecule has 1 aliphatic rings. The average molecular weight is 750 g/mol. The molecule has 0 aromatic heterocycles. The fourth-order valence-electron chi connectivity index (χ4n) is 6.69. The second-order valence-corrected chi connectivity index (χ2v) is 13.2. The highest BCUT2D eigenvalue weighted by molar-refractivity contribution is 6.04. The Morgan fingerprint density at radius 2 is 1.22 bits per heavy atom. The monoisotopic (exact) mass is 749 g/mol. The van der Waals surface area contributed by atoms with Crippen molar-refractivity contribution in [3.05, 3.63) is 77.4 Å². The van der Waals surface area contributed by atoms with Crippen molar-refractivity contribution in [2.24, 2.45) is 0 Å². The molecule has 0 spiro atoms. The summed E-state index contributed by atoms with van der Waals surface area (Å²) in [7, 11) is 2.46. The summed E-state index contributed by atoms with van der Waals surface area (Å²) in [6.45, 7) is 7.34. The third-order valence-corrected chi connectivity index (χ3v) is 8.50. The Kier molecular flexibility index (Phi) is 11.5. The van der Waals surface area contributed by atoms with Gasteiger partial charge in [0.15, 0.2) is 34.1 Å². The van der Waals surface area contributed by atoms with E-state index in [1.54, 1.807) is 20.8 Å². The Labute approximate surface area is 308 Å². The van der Waals surface area contributed by atoms with Crippen molar-refractivity contribution in [3.63, 3.8) is 0 Å². The minimum Gasteiger partial charge on any atom is -0.493 e. The Hall–Kier alpha value is -6.65. The average Bonchev–Trinajstić information content (AvgIpc) is 3.07. The van der Waals surface area contributed by atoms with E-state index in [-0.39, 0.29) is 51.8 Å². The molecule has 1 saturated carbocycles. The fraction of sp³-hybridized carbons (Fsp3) is 0.324. The summed E-state index contributed by atoms with van der Waals surface area (Å²) >= 11 is 0. The standard InChI is InChI=1S/C37H39N3O14/c1-19(42)39-36(32(45)46)29(22-10-14-25(52-18-41)27(16-22)50-6)37(33(47)48,30(36)23-11-15-26(53-20(2)43)28(17-23)51-7)40-31(44)21-8-12-24(13-9-21)38-34(49)54-35(3,4)5/h8-18,29-30H,1-7H3,(H,38,49)(H,39,42)(H,40,44)(H,45,46)(H,47,48). The molecular weight excluding hydrogens is 710 g/mol. The summed E-state index contributed by atoms with van der Waals surface area (Å²) in [6.07, 6.45) is -0.761. The molecule has 5 N–H and O–H groups in total. The summed E-state index contributed by atoms with van der Waals surface area (Å²) in [5, 5.41) is 29.8. The molecule has 1 fully saturated rings. The van der Waals surface area contributed by atoms with Crippen molar-refractivity contribution in [3.8, 4) is 23.0 Å². The Morgan fingerprint density at radius 3 is 1.67 bits per heavy atom. The zero-order valence-electron chi connectivity index (χ0n) is 30.3. The van der Waals surface area contributed by atoms with E-state index in [1.807, 2.05) is 0 Å². The van der Waals surface area contributed by atoms with Gasteiger partial charge in [0.25, 0.3) is 12.4 Å². The number of anilines is 1. The lowest BCUT2D eigenvalue weighted by Gasteiger charge is -2.64. The third kappa shape index (κ3) is 7.74.